The van der Waals surface area contributed by atoms with Crippen LogP contribution in [0.4, 0.5) is 0 Å². The first-order valence-corrected chi connectivity index (χ1v) is 5.64. The second-order valence-electron chi connectivity index (χ2n) is 3.11. The summed E-state index contributed by atoms with van der Waals surface area (Å²) in [7, 11) is 0. The van der Waals surface area contributed by atoms with Gasteiger partial charge in [-0.2, -0.15) is 15.2 Å². The molecule has 0 spiro atoms. The lowest BCUT2D eigenvalue weighted by atomic mass is 10.1. The van der Waals surface area contributed by atoms with Crippen molar-refractivity contribution in [3.63, 3.8) is 0 Å². The molecule has 0 saturated carbocycles. The van der Waals surface area contributed by atoms with Gasteiger partial charge in [0.1, 0.15) is 5.71 Å². The number of hydrazone groups is 2. The van der Waals surface area contributed by atoms with Gasteiger partial charge in [-0.25, -0.2) is 0 Å². The predicted octanol–water partition coefficient (Wildman–Crippen LogP) is 0.124. The topological polar surface area (TPSA) is 106 Å². The summed E-state index contributed by atoms with van der Waals surface area (Å²) in [6, 6.07) is 9.26. The Kier molecular flexibility index (Phi) is 5.15. The van der Waals surface area contributed by atoms with Crippen molar-refractivity contribution >= 4 is 46.6 Å². The van der Waals surface area contributed by atoms with Crippen LogP contribution in [0.3, 0.4) is 0 Å². The van der Waals surface area contributed by atoms with E-state index in [0.29, 0.717) is 5.71 Å². The van der Waals surface area contributed by atoms with Gasteiger partial charge < -0.3 is 17.3 Å². The Bertz CT molecular complexity index is 482. The van der Waals surface area contributed by atoms with Crippen LogP contribution in [-0.2, 0) is 0 Å². The quantitative estimate of drug-likeness (QED) is 0.314. The molecule has 1 aromatic carbocycles. The summed E-state index contributed by atoms with van der Waals surface area (Å²) >= 11 is 9.50. The van der Waals surface area contributed by atoms with Crippen LogP contribution in [0, 0.1) is 0 Å². The molecule has 0 aliphatic rings. The number of benzene rings is 1. The van der Waals surface area contributed by atoms with Gasteiger partial charge in [0.05, 0.1) is 6.21 Å². The zero-order valence-electron chi connectivity index (χ0n) is 9.35. The smallest absolute Gasteiger partial charge is 0.194 e. The van der Waals surface area contributed by atoms with Gasteiger partial charge in [0.2, 0.25) is 0 Å². The van der Waals surface area contributed by atoms with E-state index in [1.54, 1.807) is 0 Å². The van der Waals surface area contributed by atoms with E-state index in [2.05, 4.69) is 10.2 Å². The number of hydrogen-bond donors (Lipinski definition) is 3. The maximum absolute atomic E-state index is 5.41. The molecule has 0 amide bonds. The van der Waals surface area contributed by atoms with Crippen LogP contribution in [0.15, 0.2) is 40.5 Å². The molecule has 6 N–H and O–H groups in total. The third-order valence-electron chi connectivity index (χ3n) is 1.92. The Hall–Kier alpha value is -2.06. The summed E-state index contributed by atoms with van der Waals surface area (Å²) in [6.45, 7) is 0. The highest BCUT2D eigenvalue weighted by Crippen LogP contribution is 2.00. The van der Waals surface area contributed by atoms with Crippen LogP contribution in [0.2, 0.25) is 0 Å². The first-order chi connectivity index (χ1) is 8.56. The second kappa shape index (κ2) is 6.62. The van der Waals surface area contributed by atoms with E-state index in [4.69, 9.17) is 41.7 Å². The van der Waals surface area contributed by atoms with Crippen molar-refractivity contribution in [1.82, 2.24) is 5.01 Å². The summed E-state index contributed by atoms with van der Waals surface area (Å²) in [5.41, 5.74) is 12.1. The minimum Gasteiger partial charge on any atom is -0.374 e. The number of nitrogens with two attached hydrogens (primary N) is 3. The van der Waals surface area contributed by atoms with Crippen LogP contribution >= 0.6 is 24.4 Å². The minimum absolute atomic E-state index is 0.0526. The summed E-state index contributed by atoms with van der Waals surface area (Å²) in [4.78, 5) is 0. The third-order valence-corrected chi connectivity index (χ3v) is 2.27. The van der Waals surface area contributed by atoms with Crippen molar-refractivity contribution < 1.29 is 0 Å². The first kappa shape index (κ1) is 14.0. The lowest BCUT2D eigenvalue weighted by Gasteiger charge is -2.13. The summed E-state index contributed by atoms with van der Waals surface area (Å²) in [5, 5.41) is 8.49. The summed E-state index contributed by atoms with van der Waals surface area (Å²) < 4.78 is 0. The van der Waals surface area contributed by atoms with Crippen molar-refractivity contribution in [2.24, 2.45) is 27.5 Å². The van der Waals surface area contributed by atoms with E-state index in [0.717, 1.165) is 10.6 Å². The Morgan fingerprint density at radius 3 is 2.11 bits per heavy atom. The highest BCUT2D eigenvalue weighted by atomic mass is 32.1. The molecule has 0 radical (unpaired) electrons. The summed E-state index contributed by atoms with van der Waals surface area (Å²) in [5.74, 6) is 5.29. The number of hydrogen-bond acceptors (Lipinski definition) is 5. The average Bonchev–Trinajstić information content (AvgIpc) is 2.34. The number of nitrogens with zero attached hydrogens (tertiary/aromatic N) is 3. The molecular formula is C10H12N6S2. The molecule has 0 aromatic heterocycles. The third kappa shape index (κ3) is 3.75. The molecule has 0 aliphatic heterocycles. The number of thiocarbonyl (C=S) groups is 2. The van der Waals surface area contributed by atoms with E-state index in [1.165, 1.54) is 6.21 Å². The van der Waals surface area contributed by atoms with E-state index in [-0.39, 0.29) is 10.2 Å². The largest absolute Gasteiger partial charge is 0.374 e. The van der Waals surface area contributed by atoms with Crippen molar-refractivity contribution in [3.05, 3.63) is 35.9 Å². The monoisotopic (exact) mass is 280 g/mol. The molecular weight excluding hydrogens is 268 g/mol. The standard InChI is InChI=1S/C10H12N6S2/c11-9(17)16(10(12)18)14-6-8(15-13)7-4-2-1-3-5-7/h1-6H,13H2,(H2,11,17)(H2,12,18)/b14-6+,15-8-. The molecule has 0 heterocycles. The highest BCUT2D eigenvalue weighted by Gasteiger charge is 2.07. The van der Waals surface area contributed by atoms with E-state index in [1.807, 2.05) is 30.3 Å². The first-order valence-electron chi connectivity index (χ1n) is 4.82. The molecule has 1 aromatic rings. The van der Waals surface area contributed by atoms with Gasteiger partial charge in [0.25, 0.3) is 0 Å². The molecule has 6 nitrogen and oxygen atoms in total. The van der Waals surface area contributed by atoms with Crippen molar-refractivity contribution in [2.45, 2.75) is 0 Å². The van der Waals surface area contributed by atoms with Gasteiger partial charge in [-0.3, -0.25) is 0 Å². The molecule has 0 aliphatic carbocycles. The Balaban J connectivity index is 2.94. The lowest BCUT2D eigenvalue weighted by molar-refractivity contribution is 0.675. The van der Waals surface area contributed by atoms with Gasteiger partial charge in [-0.1, -0.05) is 30.3 Å². The fourth-order valence-corrected chi connectivity index (χ4v) is 1.47. The predicted molar refractivity (Wildman–Crippen MR) is 81.1 cm³/mol. The zero-order valence-corrected chi connectivity index (χ0v) is 11.0. The van der Waals surface area contributed by atoms with Gasteiger partial charge in [0, 0.05) is 5.56 Å². The van der Waals surface area contributed by atoms with Gasteiger partial charge in [-0.15, -0.1) is 0 Å². The Morgan fingerprint density at radius 2 is 1.67 bits per heavy atom. The lowest BCUT2D eigenvalue weighted by Crippen LogP contribution is -2.40. The maximum Gasteiger partial charge on any atom is 0.194 e. The minimum atomic E-state index is -0.0526. The molecule has 0 saturated heterocycles. The molecule has 18 heavy (non-hydrogen) atoms. The fourth-order valence-electron chi connectivity index (χ4n) is 1.13. The Labute approximate surface area is 115 Å². The zero-order chi connectivity index (χ0) is 13.5. The van der Waals surface area contributed by atoms with Crippen molar-refractivity contribution in [2.75, 3.05) is 0 Å². The van der Waals surface area contributed by atoms with E-state index in [9.17, 15) is 0 Å². The highest BCUT2D eigenvalue weighted by molar-refractivity contribution is 7.81. The normalized spacial score (nSPS) is 11.4. The van der Waals surface area contributed by atoms with E-state index < -0.39 is 0 Å². The van der Waals surface area contributed by atoms with E-state index >= 15 is 0 Å². The Morgan fingerprint density at radius 1 is 1.11 bits per heavy atom. The van der Waals surface area contributed by atoms with Crippen LogP contribution in [0.25, 0.3) is 0 Å². The van der Waals surface area contributed by atoms with Gasteiger partial charge in [-0.05, 0) is 24.4 Å². The molecule has 94 valence electrons. The molecule has 8 heteroatoms. The van der Waals surface area contributed by atoms with Crippen molar-refractivity contribution in [3.8, 4) is 0 Å². The second-order valence-corrected chi connectivity index (χ2v) is 3.95. The molecule has 0 unspecified atom stereocenters. The van der Waals surface area contributed by atoms with Gasteiger partial charge >= 0.3 is 0 Å². The molecule has 1 rings (SSSR count). The number of rotatable bonds is 3. The molecule has 0 fully saturated rings. The average molecular weight is 280 g/mol. The van der Waals surface area contributed by atoms with Crippen molar-refractivity contribution in [1.29, 1.82) is 0 Å². The fraction of sp³-hybridized carbons (Fsp3) is 0. The maximum atomic E-state index is 5.41. The van der Waals surface area contributed by atoms with Crippen LogP contribution in [-0.4, -0.2) is 27.2 Å². The van der Waals surface area contributed by atoms with Gasteiger partial charge in [0.15, 0.2) is 10.2 Å². The summed E-state index contributed by atoms with van der Waals surface area (Å²) in [6.07, 6.45) is 1.38. The van der Waals surface area contributed by atoms with Crippen LogP contribution < -0.4 is 17.3 Å². The van der Waals surface area contributed by atoms with Crippen LogP contribution in [0.1, 0.15) is 5.56 Å². The van der Waals surface area contributed by atoms with Crippen LogP contribution in [0.5, 0.6) is 0 Å². The molecule has 0 atom stereocenters. The SMILES string of the molecule is N/N=C(/C=N/N(C(N)=S)C(N)=S)c1ccccc1. The molecule has 0 bridgehead atoms.